The van der Waals surface area contributed by atoms with Crippen LogP contribution in [0, 0.1) is 17.8 Å². The number of oxime groups is 1. The molecule has 368 valence electrons. The number of allylic oxidation sites excluding steroid dienone is 1. The molecule has 14 heteroatoms. The van der Waals surface area contributed by atoms with Crippen molar-refractivity contribution in [1.29, 1.82) is 0 Å². The summed E-state index contributed by atoms with van der Waals surface area (Å²) in [6.07, 6.45) is 8.28. The number of hydrogen-bond acceptors (Lipinski definition) is 13. The molecule has 0 spiro atoms. The molecule has 0 radical (unpaired) electrons. The van der Waals surface area contributed by atoms with Gasteiger partial charge < -0.3 is 48.2 Å². The molecule has 0 saturated heterocycles. The molecule has 4 aliphatic rings. The fourth-order valence-electron chi connectivity index (χ4n) is 10.3. The molecular formula is C55H66N2O11S. The largest absolute Gasteiger partial charge is 0.493 e. The van der Waals surface area contributed by atoms with E-state index >= 15 is 4.79 Å². The van der Waals surface area contributed by atoms with Crippen LogP contribution in [0.5, 0.6) is 23.0 Å². The topological polar surface area (TPSA) is 147 Å². The number of carbonyl (C=O) groups excluding carboxylic acids is 1. The molecule has 0 aromatic heterocycles. The highest BCUT2D eigenvalue weighted by molar-refractivity contribution is 7.99. The quantitative estimate of drug-likeness (QED) is 0.0267. The number of rotatable bonds is 26. The summed E-state index contributed by atoms with van der Waals surface area (Å²) in [7, 11) is 0. The highest BCUT2D eigenvalue weighted by Gasteiger charge is 2.65. The van der Waals surface area contributed by atoms with Crippen molar-refractivity contribution in [3.8, 4) is 23.0 Å². The Labute approximate surface area is 410 Å². The summed E-state index contributed by atoms with van der Waals surface area (Å²) in [4.78, 5) is 23.9. The number of aliphatic hydroxyl groups excluding tert-OH is 2. The minimum atomic E-state index is -1.48. The standard InChI is InChI=1S/C55H66N2O11S/c1-3-27-66-55-51(57(36-40-21-23-49-50(32-40)65-38-64-49)54(60)63-29-28-61-37-39-15-7-5-8-16-39)35-47(56-67-4-2)45-33-41(17-11-13-25-58)44(20-12-14-26-59)52(53(45)55)46-34-42(22-24-48(46)68-55)62-30-31-69-43-18-9-6-10-19-43/h3,5-10,15-16,18-19,21-24,32-34,41,44,51-53,58-59H,1,4,11-14,17,20,25-31,35-38H2,2H3. The minimum Gasteiger partial charge on any atom is -0.493 e. The monoisotopic (exact) mass is 962 g/mol. The van der Waals surface area contributed by atoms with Gasteiger partial charge in [-0.05, 0) is 104 Å². The maximum absolute atomic E-state index is 15.0. The SMILES string of the molecule is C=CCOC12Oc3ccc(OCCSc4ccccc4)cc3C3C(CCCCO)C(CCCCO)C=C(C(=NOCC)CC1N(Cc1ccc4c(c1)OCO4)C(=O)OCCOCc1ccccc1)C32. The number of ether oxygens (including phenoxy) is 7. The predicted molar refractivity (Wildman–Crippen MR) is 265 cm³/mol. The first-order valence-electron chi connectivity index (χ1n) is 24.4. The first-order valence-corrected chi connectivity index (χ1v) is 25.4. The highest BCUT2D eigenvalue weighted by atomic mass is 32.2. The van der Waals surface area contributed by atoms with Gasteiger partial charge in [0.2, 0.25) is 12.6 Å². The number of amides is 1. The van der Waals surface area contributed by atoms with E-state index in [1.807, 2.05) is 85.8 Å². The average molecular weight is 963 g/mol. The van der Waals surface area contributed by atoms with E-state index in [1.165, 1.54) is 4.90 Å². The Kier molecular flexibility index (Phi) is 18.0. The van der Waals surface area contributed by atoms with Crippen LogP contribution in [0.4, 0.5) is 4.79 Å². The lowest BCUT2D eigenvalue weighted by Crippen LogP contribution is -2.70. The van der Waals surface area contributed by atoms with Crippen molar-refractivity contribution in [2.75, 3.05) is 58.8 Å². The summed E-state index contributed by atoms with van der Waals surface area (Å²) < 4.78 is 44.7. The number of thioether (sulfide) groups is 1. The second-order valence-electron chi connectivity index (χ2n) is 17.7. The summed E-state index contributed by atoms with van der Waals surface area (Å²) in [5, 5.41) is 24.9. The van der Waals surface area contributed by atoms with Crippen LogP contribution in [0.25, 0.3) is 0 Å². The van der Waals surface area contributed by atoms with Gasteiger partial charge in [-0.3, -0.25) is 4.90 Å². The zero-order valence-corrected chi connectivity index (χ0v) is 40.4. The van der Waals surface area contributed by atoms with Gasteiger partial charge in [0.15, 0.2) is 11.5 Å². The molecular weight excluding hydrogens is 897 g/mol. The van der Waals surface area contributed by atoms with E-state index in [0.29, 0.717) is 55.6 Å². The smallest absolute Gasteiger partial charge is 0.410 e. The molecule has 0 bridgehead atoms. The minimum absolute atomic E-state index is 0.00636. The van der Waals surface area contributed by atoms with Gasteiger partial charge in [0.1, 0.15) is 30.8 Å². The summed E-state index contributed by atoms with van der Waals surface area (Å²) in [5.74, 6) is 1.26. The van der Waals surface area contributed by atoms with Crippen LogP contribution in [0.2, 0.25) is 0 Å². The Bertz CT molecular complexity index is 2350. The van der Waals surface area contributed by atoms with Gasteiger partial charge in [-0.1, -0.05) is 84.7 Å². The number of hydrogen-bond donors (Lipinski definition) is 2. The Hall–Kier alpha value is -5.51. The fraction of sp³-hybridized carbons (Fsp3) is 0.455. The fourth-order valence-corrected chi connectivity index (χ4v) is 11.0. The van der Waals surface area contributed by atoms with Crippen LogP contribution in [0.1, 0.15) is 74.5 Å². The Balaban J connectivity index is 1.22. The Morgan fingerprint density at radius 2 is 1.65 bits per heavy atom. The average Bonchev–Trinajstić information content (AvgIpc) is 3.85. The van der Waals surface area contributed by atoms with E-state index in [0.717, 1.165) is 59.4 Å². The van der Waals surface area contributed by atoms with Gasteiger partial charge >= 0.3 is 6.09 Å². The maximum Gasteiger partial charge on any atom is 0.410 e. The van der Waals surface area contributed by atoms with Gasteiger partial charge in [-0.25, -0.2) is 4.79 Å². The van der Waals surface area contributed by atoms with Crippen molar-refractivity contribution in [2.45, 2.75) is 87.7 Å². The van der Waals surface area contributed by atoms with E-state index < -0.39 is 23.8 Å². The van der Waals surface area contributed by atoms with Crippen LogP contribution in [0.3, 0.4) is 0 Å². The summed E-state index contributed by atoms with van der Waals surface area (Å²) in [5.41, 5.74) is 4.43. The number of unbranched alkanes of at least 4 members (excludes halogenated alkanes) is 2. The van der Waals surface area contributed by atoms with Crippen LogP contribution in [0.15, 0.2) is 131 Å². The summed E-state index contributed by atoms with van der Waals surface area (Å²) >= 11 is 1.74. The molecule has 6 unspecified atom stereocenters. The van der Waals surface area contributed by atoms with E-state index in [1.54, 1.807) is 22.7 Å². The van der Waals surface area contributed by atoms with Crippen LogP contribution in [-0.4, -0.2) is 97.5 Å². The van der Waals surface area contributed by atoms with Crippen molar-refractivity contribution in [3.05, 3.63) is 138 Å². The molecule has 4 aromatic rings. The molecule has 2 heterocycles. The van der Waals surface area contributed by atoms with E-state index in [4.69, 9.17) is 43.2 Å². The van der Waals surface area contributed by atoms with Gasteiger partial charge in [0, 0.05) is 48.3 Å². The van der Waals surface area contributed by atoms with E-state index in [-0.39, 0.29) is 70.5 Å². The van der Waals surface area contributed by atoms with E-state index in [2.05, 4.69) is 30.9 Å². The van der Waals surface area contributed by atoms with Crippen molar-refractivity contribution in [3.63, 3.8) is 0 Å². The molecule has 1 saturated carbocycles. The lowest BCUT2D eigenvalue weighted by atomic mass is 9.55. The molecule has 13 nitrogen and oxygen atoms in total. The Morgan fingerprint density at radius 3 is 2.43 bits per heavy atom. The summed E-state index contributed by atoms with van der Waals surface area (Å²) in [6, 6.07) is 31.0. The molecule has 1 fully saturated rings. The van der Waals surface area contributed by atoms with Gasteiger partial charge in [-0.15, -0.1) is 18.3 Å². The lowest BCUT2D eigenvalue weighted by molar-refractivity contribution is -0.256. The molecule has 2 aliphatic carbocycles. The molecule has 8 rings (SSSR count). The van der Waals surface area contributed by atoms with Crippen LogP contribution >= 0.6 is 11.8 Å². The normalized spacial score (nSPS) is 22.4. The van der Waals surface area contributed by atoms with Gasteiger partial charge in [-0.2, -0.15) is 0 Å². The molecule has 2 N–H and O–H groups in total. The third-order valence-electron chi connectivity index (χ3n) is 13.3. The number of fused-ring (bicyclic) bond motifs is 3. The lowest BCUT2D eigenvalue weighted by Gasteiger charge is -2.59. The zero-order valence-electron chi connectivity index (χ0n) is 39.6. The third kappa shape index (κ3) is 12.1. The number of aliphatic hydroxyl groups is 2. The maximum atomic E-state index is 15.0. The molecule has 69 heavy (non-hydrogen) atoms. The molecule has 4 aromatic carbocycles. The van der Waals surface area contributed by atoms with Gasteiger partial charge in [0.05, 0.1) is 38.1 Å². The second-order valence-corrected chi connectivity index (χ2v) is 18.8. The third-order valence-corrected chi connectivity index (χ3v) is 14.3. The van der Waals surface area contributed by atoms with Gasteiger partial charge in [0.25, 0.3) is 0 Å². The van der Waals surface area contributed by atoms with Crippen LogP contribution < -0.4 is 18.9 Å². The molecule has 2 aliphatic heterocycles. The van der Waals surface area contributed by atoms with Crippen molar-refractivity contribution in [2.24, 2.45) is 22.9 Å². The summed E-state index contributed by atoms with van der Waals surface area (Å²) in [6.45, 7) is 7.91. The first kappa shape index (κ1) is 49.9. The number of benzene rings is 4. The van der Waals surface area contributed by atoms with Crippen LogP contribution in [-0.2, 0) is 32.2 Å². The first-order chi connectivity index (χ1) is 34.0. The molecule has 6 atom stereocenters. The van der Waals surface area contributed by atoms with Crippen molar-refractivity contribution < 1.29 is 53.0 Å². The number of carbonyl (C=O) groups is 1. The molecule has 1 amide bonds. The number of nitrogens with zero attached hydrogens (tertiary/aromatic N) is 2. The highest BCUT2D eigenvalue weighted by Crippen LogP contribution is 2.62. The van der Waals surface area contributed by atoms with Crippen molar-refractivity contribution >= 4 is 23.6 Å². The Morgan fingerprint density at radius 1 is 0.884 bits per heavy atom. The van der Waals surface area contributed by atoms with Crippen molar-refractivity contribution in [1.82, 2.24) is 4.90 Å². The van der Waals surface area contributed by atoms with E-state index in [9.17, 15) is 10.2 Å². The predicted octanol–water partition coefficient (Wildman–Crippen LogP) is 10.1. The second kappa shape index (κ2) is 24.9. The zero-order chi connectivity index (χ0) is 47.8.